The molecule has 5 nitrogen and oxygen atoms in total. The standard InChI is InChI=1S/C19H19N3O2/c1-4-24-18(23-3)10-9-17-16(12-21)19(13(2)22-17)15-7-5-14(11-20)6-8-15/h5-10,18,22H,4H2,1-3H3/b10-9+/t18-/m1/s1. The summed E-state index contributed by atoms with van der Waals surface area (Å²) in [5.74, 6) is 0. The number of aromatic amines is 1. The van der Waals surface area contributed by atoms with Crippen molar-refractivity contribution in [2.75, 3.05) is 13.7 Å². The molecule has 1 heterocycles. The second kappa shape index (κ2) is 8.12. The van der Waals surface area contributed by atoms with E-state index >= 15 is 0 Å². The Balaban J connectivity index is 2.41. The van der Waals surface area contributed by atoms with Gasteiger partial charge in [-0.2, -0.15) is 10.5 Å². The van der Waals surface area contributed by atoms with E-state index in [0.717, 1.165) is 16.8 Å². The van der Waals surface area contributed by atoms with Crippen LogP contribution in [0.2, 0.25) is 0 Å². The first-order chi connectivity index (χ1) is 11.6. The monoisotopic (exact) mass is 321 g/mol. The molecule has 1 atom stereocenters. The molecule has 24 heavy (non-hydrogen) atoms. The minimum Gasteiger partial charge on any atom is -0.357 e. The summed E-state index contributed by atoms with van der Waals surface area (Å²) < 4.78 is 10.6. The van der Waals surface area contributed by atoms with Gasteiger partial charge in [-0.3, -0.25) is 0 Å². The Morgan fingerprint density at radius 3 is 2.46 bits per heavy atom. The first-order valence-electron chi connectivity index (χ1n) is 7.60. The summed E-state index contributed by atoms with van der Waals surface area (Å²) in [4.78, 5) is 3.23. The maximum absolute atomic E-state index is 9.58. The molecule has 0 saturated heterocycles. The summed E-state index contributed by atoms with van der Waals surface area (Å²) in [6.45, 7) is 4.35. The third-order valence-corrected chi connectivity index (χ3v) is 3.61. The van der Waals surface area contributed by atoms with Crippen molar-refractivity contribution in [2.45, 2.75) is 20.1 Å². The smallest absolute Gasteiger partial charge is 0.176 e. The molecule has 2 rings (SSSR count). The Hall–Kier alpha value is -2.86. The van der Waals surface area contributed by atoms with E-state index < -0.39 is 6.29 Å². The van der Waals surface area contributed by atoms with E-state index in [4.69, 9.17) is 14.7 Å². The zero-order chi connectivity index (χ0) is 17.5. The highest BCUT2D eigenvalue weighted by atomic mass is 16.7. The van der Waals surface area contributed by atoms with Gasteiger partial charge in [0.1, 0.15) is 6.07 Å². The van der Waals surface area contributed by atoms with Crippen LogP contribution in [0.4, 0.5) is 0 Å². The van der Waals surface area contributed by atoms with Gasteiger partial charge in [0.25, 0.3) is 0 Å². The summed E-state index contributed by atoms with van der Waals surface area (Å²) in [6.07, 6.45) is 3.10. The van der Waals surface area contributed by atoms with Crippen LogP contribution in [0.5, 0.6) is 0 Å². The lowest BCUT2D eigenvalue weighted by atomic mass is 10.00. The average Bonchev–Trinajstić information content (AvgIpc) is 2.94. The van der Waals surface area contributed by atoms with Crippen LogP contribution in [0.3, 0.4) is 0 Å². The largest absolute Gasteiger partial charge is 0.357 e. The minimum atomic E-state index is -0.455. The fourth-order valence-electron chi connectivity index (χ4n) is 2.50. The Morgan fingerprint density at radius 2 is 1.92 bits per heavy atom. The average molecular weight is 321 g/mol. The lowest BCUT2D eigenvalue weighted by molar-refractivity contribution is -0.0855. The molecule has 0 bridgehead atoms. The predicted octanol–water partition coefficient (Wildman–Crippen LogP) is 3.76. The molecular formula is C19H19N3O2. The first kappa shape index (κ1) is 17.5. The van der Waals surface area contributed by atoms with Crippen molar-refractivity contribution in [2.24, 2.45) is 0 Å². The summed E-state index contributed by atoms with van der Waals surface area (Å²) in [5, 5.41) is 18.5. The molecule has 0 aliphatic heterocycles. The van der Waals surface area contributed by atoms with E-state index in [1.807, 2.05) is 26.0 Å². The Morgan fingerprint density at radius 1 is 1.21 bits per heavy atom. The molecule has 0 fully saturated rings. The maximum Gasteiger partial charge on any atom is 0.176 e. The molecule has 5 heteroatoms. The number of hydrogen-bond donors (Lipinski definition) is 1. The van der Waals surface area contributed by atoms with Crippen LogP contribution < -0.4 is 0 Å². The van der Waals surface area contributed by atoms with Crippen molar-refractivity contribution in [3.63, 3.8) is 0 Å². The molecule has 0 saturated carbocycles. The molecule has 1 aromatic heterocycles. The van der Waals surface area contributed by atoms with Gasteiger partial charge in [0.2, 0.25) is 0 Å². The molecular weight excluding hydrogens is 302 g/mol. The normalized spacial score (nSPS) is 12.0. The summed E-state index contributed by atoms with van der Waals surface area (Å²) in [7, 11) is 1.57. The highest BCUT2D eigenvalue weighted by Crippen LogP contribution is 2.30. The number of ether oxygens (including phenoxy) is 2. The minimum absolute atomic E-state index is 0.455. The third-order valence-electron chi connectivity index (χ3n) is 3.61. The van der Waals surface area contributed by atoms with Crippen LogP contribution in [0.1, 0.15) is 29.4 Å². The number of nitrogens with one attached hydrogen (secondary N) is 1. The van der Waals surface area contributed by atoms with Gasteiger partial charge in [0.05, 0.1) is 22.9 Å². The van der Waals surface area contributed by atoms with Crippen molar-refractivity contribution in [1.82, 2.24) is 4.98 Å². The first-order valence-corrected chi connectivity index (χ1v) is 7.60. The number of benzene rings is 1. The van der Waals surface area contributed by atoms with Gasteiger partial charge in [0, 0.05) is 25.0 Å². The lowest BCUT2D eigenvalue weighted by Gasteiger charge is -2.09. The van der Waals surface area contributed by atoms with Gasteiger partial charge < -0.3 is 14.5 Å². The number of rotatable bonds is 6. The van der Waals surface area contributed by atoms with Crippen molar-refractivity contribution in [3.8, 4) is 23.3 Å². The predicted molar refractivity (Wildman–Crippen MR) is 91.9 cm³/mol. The zero-order valence-corrected chi connectivity index (χ0v) is 14.0. The molecule has 0 unspecified atom stereocenters. The van der Waals surface area contributed by atoms with Crippen LogP contribution >= 0.6 is 0 Å². The van der Waals surface area contributed by atoms with Crippen LogP contribution in [0.25, 0.3) is 17.2 Å². The molecule has 0 aliphatic carbocycles. The van der Waals surface area contributed by atoms with E-state index in [0.29, 0.717) is 23.4 Å². The van der Waals surface area contributed by atoms with E-state index in [1.165, 1.54) is 0 Å². The number of methoxy groups -OCH3 is 1. The van der Waals surface area contributed by atoms with Crippen LogP contribution in [-0.2, 0) is 9.47 Å². The number of aryl methyl sites for hydroxylation is 1. The second-order valence-corrected chi connectivity index (χ2v) is 5.13. The van der Waals surface area contributed by atoms with Crippen LogP contribution in [-0.4, -0.2) is 25.0 Å². The number of H-pyrrole nitrogens is 1. The topological polar surface area (TPSA) is 81.8 Å². The van der Waals surface area contributed by atoms with E-state index in [2.05, 4.69) is 17.1 Å². The van der Waals surface area contributed by atoms with Crippen molar-refractivity contribution in [3.05, 3.63) is 52.9 Å². The molecule has 0 spiro atoms. The second-order valence-electron chi connectivity index (χ2n) is 5.13. The van der Waals surface area contributed by atoms with Gasteiger partial charge in [-0.25, -0.2) is 0 Å². The SMILES string of the molecule is CCO[C@H](/C=C/c1[nH]c(C)c(-c2ccc(C#N)cc2)c1C#N)OC. The van der Waals surface area contributed by atoms with Gasteiger partial charge in [-0.15, -0.1) is 0 Å². The summed E-state index contributed by atoms with van der Waals surface area (Å²) in [5.41, 5.74) is 4.47. The van der Waals surface area contributed by atoms with Gasteiger partial charge in [-0.05, 0) is 43.7 Å². The van der Waals surface area contributed by atoms with Crippen molar-refractivity contribution < 1.29 is 9.47 Å². The Kier molecular flexibility index (Phi) is 5.92. The number of nitrogens with zero attached hydrogens (tertiary/aromatic N) is 2. The molecule has 2 aromatic rings. The number of nitriles is 2. The Labute approximate surface area is 141 Å². The van der Waals surface area contributed by atoms with Crippen molar-refractivity contribution in [1.29, 1.82) is 10.5 Å². The number of hydrogen-bond acceptors (Lipinski definition) is 4. The Bertz CT molecular complexity index is 805. The van der Waals surface area contributed by atoms with Gasteiger partial charge in [-0.1, -0.05) is 12.1 Å². The number of aromatic nitrogens is 1. The van der Waals surface area contributed by atoms with Gasteiger partial charge >= 0.3 is 0 Å². The van der Waals surface area contributed by atoms with Crippen molar-refractivity contribution >= 4 is 6.08 Å². The van der Waals surface area contributed by atoms with E-state index in [9.17, 15) is 5.26 Å². The molecule has 1 aromatic carbocycles. The highest BCUT2D eigenvalue weighted by molar-refractivity contribution is 5.78. The fraction of sp³-hybridized carbons (Fsp3) is 0.263. The molecule has 1 N–H and O–H groups in total. The molecule has 0 amide bonds. The van der Waals surface area contributed by atoms with E-state index in [-0.39, 0.29) is 0 Å². The van der Waals surface area contributed by atoms with Gasteiger partial charge in [0.15, 0.2) is 6.29 Å². The molecule has 122 valence electrons. The lowest BCUT2D eigenvalue weighted by Crippen LogP contribution is -2.11. The molecule has 0 radical (unpaired) electrons. The quantitative estimate of drug-likeness (QED) is 0.821. The zero-order valence-electron chi connectivity index (χ0n) is 14.0. The summed E-state index contributed by atoms with van der Waals surface area (Å²) in [6, 6.07) is 11.5. The highest BCUT2D eigenvalue weighted by Gasteiger charge is 2.15. The third kappa shape index (κ3) is 3.72. The van der Waals surface area contributed by atoms with E-state index in [1.54, 1.807) is 31.4 Å². The maximum atomic E-state index is 9.58. The molecule has 0 aliphatic rings. The summed E-state index contributed by atoms with van der Waals surface area (Å²) >= 11 is 0. The fourth-order valence-corrected chi connectivity index (χ4v) is 2.50. The van der Waals surface area contributed by atoms with Crippen LogP contribution in [0, 0.1) is 29.6 Å². The van der Waals surface area contributed by atoms with Crippen LogP contribution in [0.15, 0.2) is 30.3 Å².